The van der Waals surface area contributed by atoms with E-state index in [0.717, 1.165) is 4.57 Å². The lowest BCUT2D eigenvalue weighted by atomic mass is 10.3. The molecule has 0 fully saturated rings. The molecule has 2 aromatic heterocycles. The Labute approximate surface area is 141 Å². The summed E-state index contributed by atoms with van der Waals surface area (Å²) in [7, 11) is 2.89. The van der Waals surface area contributed by atoms with E-state index >= 15 is 0 Å². The zero-order valence-corrected chi connectivity index (χ0v) is 13.7. The number of aromatic nitrogens is 4. The number of para-hydroxylation sites is 1. The monoisotopic (exact) mass is 348 g/mol. The fourth-order valence-corrected chi connectivity index (χ4v) is 2.56. The van der Waals surface area contributed by atoms with Crippen LogP contribution in [0.1, 0.15) is 0 Å². The number of aliphatic hydroxyl groups excluding tert-OH is 1. The fraction of sp³-hybridized carbons (Fsp3) is 0.312. The molecule has 0 radical (unpaired) electrons. The van der Waals surface area contributed by atoms with Crippen LogP contribution in [0.2, 0.25) is 0 Å². The molecule has 1 unspecified atom stereocenters. The number of ether oxygens (including phenoxy) is 1. The van der Waals surface area contributed by atoms with E-state index in [-0.39, 0.29) is 30.1 Å². The minimum absolute atomic E-state index is 0.0123. The predicted molar refractivity (Wildman–Crippen MR) is 88.1 cm³/mol. The minimum atomic E-state index is -1.00. The van der Waals surface area contributed by atoms with Gasteiger partial charge in [-0.15, -0.1) is 0 Å². The Morgan fingerprint density at radius 3 is 2.68 bits per heavy atom. The first-order valence-corrected chi connectivity index (χ1v) is 7.56. The maximum atomic E-state index is 13.5. The smallest absolute Gasteiger partial charge is 0.332 e. The van der Waals surface area contributed by atoms with Gasteiger partial charge < -0.3 is 14.4 Å². The maximum absolute atomic E-state index is 13.5. The summed E-state index contributed by atoms with van der Waals surface area (Å²) >= 11 is 0. The second kappa shape index (κ2) is 6.52. The standard InChI is InChI=1S/C16H17FN4O4/c1-19-14-13(15(23)20(2)16(19)24)21(9-18-14)7-10(22)8-25-12-6-4-3-5-11(12)17/h3-6,9-10,22H,7-8H2,1-2H3. The Morgan fingerprint density at radius 2 is 1.96 bits per heavy atom. The molecule has 8 nitrogen and oxygen atoms in total. The van der Waals surface area contributed by atoms with Crippen LogP contribution in [-0.2, 0) is 20.6 Å². The summed E-state index contributed by atoms with van der Waals surface area (Å²) in [6.07, 6.45) is 0.372. The van der Waals surface area contributed by atoms with E-state index in [4.69, 9.17) is 4.74 Å². The van der Waals surface area contributed by atoms with E-state index in [1.165, 1.54) is 47.8 Å². The molecule has 3 rings (SSSR count). The fourth-order valence-electron chi connectivity index (χ4n) is 2.56. The van der Waals surface area contributed by atoms with Gasteiger partial charge in [-0.05, 0) is 12.1 Å². The molecular formula is C16H17FN4O4. The zero-order valence-electron chi connectivity index (χ0n) is 13.7. The van der Waals surface area contributed by atoms with Gasteiger partial charge in [0.05, 0.1) is 12.9 Å². The van der Waals surface area contributed by atoms with Gasteiger partial charge in [0.1, 0.15) is 12.7 Å². The number of aryl methyl sites for hydroxylation is 1. The van der Waals surface area contributed by atoms with E-state index in [2.05, 4.69) is 4.98 Å². The van der Waals surface area contributed by atoms with Gasteiger partial charge in [-0.1, -0.05) is 12.1 Å². The van der Waals surface area contributed by atoms with Gasteiger partial charge in [-0.25, -0.2) is 14.2 Å². The van der Waals surface area contributed by atoms with Crippen molar-refractivity contribution in [2.75, 3.05) is 6.61 Å². The third kappa shape index (κ3) is 3.05. The number of rotatable bonds is 5. The molecule has 0 aliphatic rings. The SMILES string of the molecule is Cn1c(=O)c2c(ncn2CC(O)COc2ccccc2F)n(C)c1=O. The number of fused-ring (bicyclic) bond motifs is 1. The van der Waals surface area contributed by atoms with Crippen molar-refractivity contribution in [2.24, 2.45) is 14.1 Å². The normalized spacial score (nSPS) is 12.5. The van der Waals surface area contributed by atoms with Crippen molar-refractivity contribution in [1.29, 1.82) is 0 Å². The Kier molecular flexibility index (Phi) is 4.41. The molecule has 0 spiro atoms. The molecule has 9 heteroatoms. The molecule has 3 aromatic rings. The molecule has 132 valence electrons. The highest BCUT2D eigenvalue weighted by molar-refractivity contribution is 5.69. The van der Waals surface area contributed by atoms with Crippen LogP contribution in [0.3, 0.4) is 0 Å². The molecule has 0 amide bonds. The second-order valence-electron chi connectivity index (χ2n) is 5.67. The summed E-state index contributed by atoms with van der Waals surface area (Å²) in [6, 6.07) is 5.88. The van der Waals surface area contributed by atoms with Crippen LogP contribution in [0, 0.1) is 5.82 Å². The van der Waals surface area contributed by atoms with Crippen molar-refractivity contribution in [3.8, 4) is 5.75 Å². The highest BCUT2D eigenvalue weighted by atomic mass is 19.1. The molecule has 0 bridgehead atoms. The zero-order chi connectivity index (χ0) is 18.1. The van der Waals surface area contributed by atoms with Gasteiger partial charge in [0, 0.05) is 14.1 Å². The first kappa shape index (κ1) is 16.9. The van der Waals surface area contributed by atoms with E-state index in [1.54, 1.807) is 6.07 Å². The van der Waals surface area contributed by atoms with Crippen LogP contribution in [0.15, 0.2) is 40.2 Å². The van der Waals surface area contributed by atoms with Crippen molar-refractivity contribution in [3.63, 3.8) is 0 Å². The second-order valence-corrected chi connectivity index (χ2v) is 5.67. The summed E-state index contributed by atoms with van der Waals surface area (Å²) in [4.78, 5) is 28.3. The summed E-state index contributed by atoms with van der Waals surface area (Å²) in [5.41, 5.74) is -0.547. The molecular weight excluding hydrogens is 331 g/mol. The van der Waals surface area contributed by atoms with Crippen molar-refractivity contribution in [1.82, 2.24) is 18.7 Å². The van der Waals surface area contributed by atoms with Gasteiger partial charge in [0.15, 0.2) is 22.7 Å². The van der Waals surface area contributed by atoms with Crippen molar-refractivity contribution in [2.45, 2.75) is 12.6 Å². The summed E-state index contributed by atoms with van der Waals surface area (Å²) in [5.74, 6) is -0.484. The average Bonchev–Trinajstić information content (AvgIpc) is 3.01. The van der Waals surface area contributed by atoms with Crippen LogP contribution >= 0.6 is 0 Å². The van der Waals surface area contributed by atoms with Crippen LogP contribution in [0.25, 0.3) is 11.2 Å². The molecule has 0 aliphatic carbocycles. The van der Waals surface area contributed by atoms with E-state index in [0.29, 0.717) is 0 Å². The van der Waals surface area contributed by atoms with Gasteiger partial charge in [0.2, 0.25) is 0 Å². The van der Waals surface area contributed by atoms with Crippen LogP contribution in [0.5, 0.6) is 5.75 Å². The van der Waals surface area contributed by atoms with E-state index in [1.807, 2.05) is 0 Å². The summed E-state index contributed by atoms with van der Waals surface area (Å²) in [5, 5.41) is 10.1. The molecule has 25 heavy (non-hydrogen) atoms. The van der Waals surface area contributed by atoms with Crippen molar-refractivity contribution < 1.29 is 14.2 Å². The molecule has 1 atom stereocenters. The summed E-state index contributed by atoms with van der Waals surface area (Å²) in [6.45, 7) is -0.148. The average molecular weight is 348 g/mol. The number of imidazole rings is 1. The lowest BCUT2D eigenvalue weighted by Crippen LogP contribution is -2.38. The number of aliphatic hydroxyl groups is 1. The molecule has 0 aliphatic heterocycles. The quantitative estimate of drug-likeness (QED) is 0.702. The summed E-state index contributed by atoms with van der Waals surface area (Å²) < 4.78 is 22.5. The molecule has 1 N–H and O–H groups in total. The number of benzene rings is 1. The van der Waals surface area contributed by atoms with Crippen molar-refractivity contribution in [3.05, 3.63) is 57.2 Å². The molecule has 1 aromatic carbocycles. The van der Waals surface area contributed by atoms with Crippen LogP contribution < -0.4 is 16.0 Å². The Balaban J connectivity index is 1.83. The number of nitrogens with zero attached hydrogens (tertiary/aromatic N) is 4. The van der Waals surface area contributed by atoms with Gasteiger partial charge in [-0.2, -0.15) is 0 Å². The maximum Gasteiger partial charge on any atom is 0.332 e. The highest BCUT2D eigenvalue weighted by Gasteiger charge is 2.16. The van der Waals surface area contributed by atoms with E-state index < -0.39 is 23.2 Å². The topological polar surface area (TPSA) is 91.3 Å². The van der Waals surface area contributed by atoms with Crippen molar-refractivity contribution >= 4 is 11.2 Å². The Hall–Kier alpha value is -2.94. The lowest BCUT2D eigenvalue weighted by molar-refractivity contribution is 0.0913. The first-order valence-electron chi connectivity index (χ1n) is 7.56. The predicted octanol–water partition coefficient (Wildman–Crippen LogP) is 0.0127. The van der Waals surface area contributed by atoms with Crippen LogP contribution in [-0.4, -0.2) is 36.5 Å². The van der Waals surface area contributed by atoms with E-state index in [9.17, 15) is 19.1 Å². The Bertz CT molecular complexity index is 1040. The molecule has 2 heterocycles. The molecule has 0 saturated heterocycles. The molecule has 0 saturated carbocycles. The third-order valence-electron chi connectivity index (χ3n) is 3.89. The third-order valence-corrected chi connectivity index (χ3v) is 3.89. The highest BCUT2D eigenvalue weighted by Crippen LogP contribution is 2.16. The van der Waals surface area contributed by atoms with Gasteiger partial charge in [-0.3, -0.25) is 13.9 Å². The lowest BCUT2D eigenvalue weighted by Gasteiger charge is -2.14. The van der Waals surface area contributed by atoms with Gasteiger partial charge >= 0.3 is 5.69 Å². The largest absolute Gasteiger partial charge is 0.488 e. The van der Waals surface area contributed by atoms with Crippen LogP contribution in [0.4, 0.5) is 4.39 Å². The number of hydrogen-bond donors (Lipinski definition) is 1. The minimum Gasteiger partial charge on any atom is -0.488 e. The van der Waals surface area contributed by atoms with Gasteiger partial charge in [0.25, 0.3) is 5.56 Å². The Morgan fingerprint density at radius 1 is 1.24 bits per heavy atom. The number of hydrogen-bond acceptors (Lipinski definition) is 5. The number of halogens is 1. The first-order chi connectivity index (χ1) is 11.9.